The average Bonchev–Trinajstić information content (AvgIpc) is 1.94. The molecule has 0 saturated carbocycles. The van der Waals surface area contributed by atoms with Gasteiger partial charge >= 0.3 is 5.69 Å². The van der Waals surface area contributed by atoms with E-state index in [0.29, 0.717) is 0 Å². The summed E-state index contributed by atoms with van der Waals surface area (Å²) >= 11 is 5.31. The quantitative estimate of drug-likeness (QED) is 0.508. The van der Waals surface area contributed by atoms with E-state index in [1.807, 2.05) is 0 Å². The molecule has 58 valence electrons. The van der Waals surface area contributed by atoms with E-state index in [0.717, 1.165) is 6.20 Å². The molecule has 0 atom stereocenters. The fourth-order valence-corrected chi connectivity index (χ4v) is 0.743. The second-order valence-corrected chi connectivity index (χ2v) is 2.18. The Balaban J connectivity index is 3.40. The van der Waals surface area contributed by atoms with Crippen molar-refractivity contribution < 1.29 is 4.92 Å². The van der Waals surface area contributed by atoms with Crippen LogP contribution in [0.5, 0.6) is 0 Å². The monoisotopic (exact) mass is 174 g/mol. The second-order valence-electron chi connectivity index (χ2n) is 1.77. The molecule has 1 heterocycles. The van der Waals surface area contributed by atoms with Gasteiger partial charge in [-0.25, -0.2) is 0 Å². The molecule has 0 saturated heterocycles. The molecule has 5 nitrogen and oxygen atoms in total. The Morgan fingerprint density at radius 1 is 1.55 bits per heavy atom. The van der Waals surface area contributed by atoms with Crippen LogP contribution in [0.2, 0.25) is 5.02 Å². The van der Waals surface area contributed by atoms with Crippen LogP contribution in [-0.4, -0.2) is 9.91 Å². The Kier molecular flexibility index (Phi) is 1.91. The maximum absolute atomic E-state index is 10.8. The Morgan fingerprint density at radius 2 is 2.18 bits per heavy atom. The van der Waals surface area contributed by atoms with E-state index in [2.05, 4.69) is 4.98 Å². The van der Waals surface area contributed by atoms with Gasteiger partial charge in [0.05, 0.1) is 11.1 Å². The minimum absolute atomic E-state index is 0.181. The number of nitrogens with zero attached hydrogens (tertiary/aromatic N) is 1. The van der Waals surface area contributed by atoms with Gasteiger partial charge in [0.25, 0.3) is 5.43 Å². The molecule has 0 amide bonds. The summed E-state index contributed by atoms with van der Waals surface area (Å²) in [6, 6.07) is 0. The zero-order valence-electron chi connectivity index (χ0n) is 5.20. The third kappa shape index (κ3) is 1.38. The van der Waals surface area contributed by atoms with Gasteiger partial charge in [-0.15, -0.1) is 0 Å². The number of halogens is 1. The first-order chi connectivity index (χ1) is 5.13. The van der Waals surface area contributed by atoms with Crippen LogP contribution in [0.4, 0.5) is 5.69 Å². The molecule has 1 N–H and O–H groups in total. The van der Waals surface area contributed by atoms with Gasteiger partial charge in [0.1, 0.15) is 5.02 Å². The van der Waals surface area contributed by atoms with E-state index in [-0.39, 0.29) is 5.02 Å². The Bertz CT molecular complexity index is 346. The highest BCUT2D eigenvalue weighted by Crippen LogP contribution is 2.05. The fraction of sp³-hybridized carbons (Fsp3) is 0. The van der Waals surface area contributed by atoms with Gasteiger partial charge in [0, 0.05) is 6.20 Å². The van der Waals surface area contributed by atoms with Crippen molar-refractivity contribution >= 4 is 17.3 Å². The normalized spacial score (nSPS) is 9.55. The highest BCUT2D eigenvalue weighted by molar-refractivity contribution is 6.30. The molecule has 11 heavy (non-hydrogen) atoms. The molecule has 1 rings (SSSR count). The van der Waals surface area contributed by atoms with Gasteiger partial charge in [-0.1, -0.05) is 11.6 Å². The van der Waals surface area contributed by atoms with Crippen molar-refractivity contribution in [1.82, 2.24) is 4.98 Å². The molecule has 0 fully saturated rings. The lowest BCUT2D eigenvalue weighted by molar-refractivity contribution is -0.386. The van der Waals surface area contributed by atoms with E-state index >= 15 is 0 Å². The topological polar surface area (TPSA) is 76.0 Å². The van der Waals surface area contributed by atoms with E-state index < -0.39 is 16.0 Å². The number of nitrogens with one attached hydrogen (secondary N) is 1. The van der Waals surface area contributed by atoms with Crippen molar-refractivity contribution in [3.63, 3.8) is 0 Å². The smallest absolute Gasteiger partial charge is 0.333 e. The summed E-state index contributed by atoms with van der Waals surface area (Å²) in [5.41, 5.74) is -1.31. The highest BCUT2D eigenvalue weighted by atomic mass is 35.5. The molecular formula is C5H3ClN2O3. The third-order valence-corrected chi connectivity index (χ3v) is 1.36. The molecule has 0 bridgehead atoms. The van der Waals surface area contributed by atoms with E-state index in [4.69, 9.17) is 11.6 Å². The SMILES string of the molecule is O=c1c(Cl)c[nH]cc1[N+](=O)[O-]. The van der Waals surface area contributed by atoms with Crippen LogP contribution in [0.1, 0.15) is 0 Å². The molecule has 0 aliphatic heterocycles. The first-order valence-corrected chi connectivity index (χ1v) is 3.01. The second kappa shape index (κ2) is 2.71. The third-order valence-electron chi connectivity index (χ3n) is 1.08. The first-order valence-electron chi connectivity index (χ1n) is 2.64. The Morgan fingerprint density at radius 3 is 2.64 bits per heavy atom. The van der Waals surface area contributed by atoms with Crippen molar-refractivity contribution in [3.8, 4) is 0 Å². The van der Waals surface area contributed by atoms with Crippen molar-refractivity contribution in [3.05, 3.63) is 37.8 Å². The molecule has 0 aromatic carbocycles. The summed E-state index contributed by atoms with van der Waals surface area (Å²) in [4.78, 5) is 22.5. The van der Waals surface area contributed by atoms with E-state index in [1.54, 1.807) is 0 Å². The van der Waals surface area contributed by atoms with Crippen LogP contribution in [0.15, 0.2) is 17.2 Å². The molecule has 1 aromatic rings. The molecule has 0 aliphatic rings. The van der Waals surface area contributed by atoms with Crippen molar-refractivity contribution in [2.45, 2.75) is 0 Å². The standard InChI is InChI=1S/C5H3ClN2O3/c6-3-1-7-2-4(5(3)9)8(10)11/h1-2H,(H,7,9). The number of pyridine rings is 1. The predicted octanol–water partition coefficient (Wildman–Crippen LogP) is 0.936. The lowest BCUT2D eigenvalue weighted by Gasteiger charge is -1.89. The van der Waals surface area contributed by atoms with Crippen molar-refractivity contribution in [2.75, 3.05) is 0 Å². The number of hydrogen-bond acceptors (Lipinski definition) is 3. The van der Waals surface area contributed by atoms with Gasteiger partial charge in [-0.3, -0.25) is 14.9 Å². The highest BCUT2D eigenvalue weighted by Gasteiger charge is 2.12. The van der Waals surface area contributed by atoms with Crippen LogP contribution in [0, 0.1) is 10.1 Å². The number of hydrogen-bond donors (Lipinski definition) is 1. The van der Waals surface area contributed by atoms with Gasteiger partial charge in [-0.05, 0) is 0 Å². The van der Waals surface area contributed by atoms with Gasteiger partial charge < -0.3 is 4.98 Å². The maximum atomic E-state index is 10.8. The number of H-pyrrole nitrogens is 1. The summed E-state index contributed by atoms with van der Waals surface area (Å²) in [6.45, 7) is 0. The van der Waals surface area contributed by atoms with Crippen LogP contribution < -0.4 is 5.43 Å². The number of rotatable bonds is 1. The molecule has 0 aliphatic carbocycles. The molecule has 0 unspecified atom stereocenters. The first kappa shape index (κ1) is 7.74. The fourth-order valence-electron chi connectivity index (χ4n) is 0.583. The summed E-state index contributed by atoms with van der Waals surface area (Å²) in [6.07, 6.45) is 2.19. The molecule has 6 heteroatoms. The summed E-state index contributed by atoms with van der Waals surface area (Å²) in [7, 11) is 0. The van der Waals surface area contributed by atoms with E-state index in [9.17, 15) is 14.9 Å². The average molecular weight is 175 g/mol. The zero-order chi connectivity index (χ0) is 8.43. The molecule has 0 radical (unpaired) electrons. The lowest BCUT2D eigenvalue weighted by atomic mass is 10.4. The maximum Gasteiger partial charge on any atom is 0.333 e. The van der Waals surface area contributed by atoms with Crippen LogP contribution in [0.25, 0.3) is 0 Å². The number of aromatic nitrogens is 1. The molecule has 1 aromatic heterocycles. The predicted molar refractivity (Wildman–Crippen MR) is 38.7 cm³/mol. The largest absolute Gasteiger partial charge is 0.360 e. The number of nitro groups is 1. The summed E-state index contributed by atoms with van der Waals surface area (Å²) < 4.78 is 0. The van der Waals surface area contributed by atoms with Gasteiger partial charge in [0.15, 0.2) is 0 Å². The van der Waals surface area contributed by atoms with Crippen LogP contribution in [0.3, 0.4) is 0 Å². The van der Waals surface area contributed by atoms with Crippen LogP contribution >= 0.6 is 11.6 Å². The van der Waals surface area contributed by atoms with E-state index in [1.165, 1.54) is 6.20 Å². The zero-order valence-corrected chi connectivity index (χ0v) is 5.96. The van der Waals surface area contributed by atoms with Gasteiger partial charge in [-0.2, -0.15) is 0 Å². The number of aromatic amines is 1. The minimum atomic E-state index is -0.787. The summed E-state index contributed by atoms with van der Waals surface area (Å²) in [5, 5.41) is 9.92. The van der Waals surface area contributed by atoms with Crippen molar-refractivity contribution in [2.24, 2.45) is 0 Å². The van der Waals surface area contributed by atoms with Crippen LogP contribution in [-0.2, 0) is 0 Å². The minimum Gasteiger partial charge on any atom is -0.360 e. The Labute approximate surface area is 65.8 Å². The Hall–Kier alpha value is -1.36. The van der Waals surface area contributed by atoms with Gasteiger partial charge in [0.2, 0.25) is 0 Å². The molecule has 0 spiro atoms. The summed E-state index contributed by atoms with van der Waals surface area (Å²) in [5.74, 6) is 0. The van der Waals surface area contributed by atoms with Crippen molar-refractivity contribution in [1.29, 1.82) is 0 Å². The molecular weight excluding hydrogens is 172 g/mol. The lowest BCUT2D eigenvalue weighted by Crippen LogP contribution is -2.08.